The van der Waals surface area contributed by atoms with Gasteiger partial charge in [-0.1, -0.05) is 11.6 Å². The Morgan fingerprint density at radius 3 is 2.90 bits per heavy atom. The van der Waals surface area contributed by atoms with E-state index >= 15 is 0 Å². The summed E-state index contributed by atoms with van der Waals surface area (Å²) in [6.07, 6.45) is 3.13. The van der Waals surface area contributed by atoms with E-state index in [2.05, 4.69) is 57.1 Å². The molecule has 3 rings (SSSR count). The third-order valence-corrected chi connectivity index (χ3v) is 4.54. The van der Waals surface area contributed by atoms with E-state index in [-0.39, 0.29) is 5.02 Å². The summed E-state index contributed by atoms with van der Waals surface area (Å²) in [5.74, 6) is -0.201. The van der Waals surface area contributed by atoms with Crippen LogP contribution < -0.4 is 5.32 Å². The molecule has 20 heavy (non-hydrogen) atoms. The molecule has 0 aliphatic carbocycles. The van der Waals surface area contributed by atoms with Gasteiger partial charge in [0.1, 0.15) is 11.3 Å². The predicted molar refractivity (Wildman–Crippen MR) is 81.8 cm³/mol. The highest BCUT2D eigenvalue weighted by atomic mass is 79.9. The Balaban J connectivity index is 2.04. The Morgan fingerprint density at radius 2 is 2.10 bits per heavy atom. The van der Waals surface area contributed by atoms with Gasteiger partial charge in [-0.3, -0.25) is 0 Å². The Morgan fingerprint density at radius 1 is 1.30 bits per heavy atom. The fourth-order valence-corrected chi connectivity index (χ4v) is 3.00. The van der Waals surface area contributed by atoms with Crippen molar-refractivity contribution in [3.8, 4) is 0 Å². The normalized spacial score (nSPS) is 11.0. The summed E-state index contributed by atoms with van der Waals surface area (Å²) in [5.41, 5.74) is 1.79. The summed E-state index contributed by atoms with van der Waals surface area (Å²) < 4.78 is 14.3. The lowest BCUT2D eigenvalue weighted by molar-refractivity contribution is 0.626. The first kappa shape index (κ1) is 13.7. The van der Waals surface area contributed by atoms with Gasteiger partial charge in [0.15, 0.2) is 5.65 Å². The number of H-pyrrole nitrogens is 1. The zero-order chi connectivity index (χ0) is 14.3. The molecule has 0 saturated carbocycles. The number of nitrogens with one attached hydrogen (secondary N) is 2. The maximum Gasteiger partial charge on any atom is 0.229 e. The highest BCUT2D eigenvalue weighted by molar-refractivity contribution is 9.11. The third-order valence-electron chi connectivity index (χ3n) is 2.53. The lowest BCUT2D eigenvalue weighted by Crippen LogP contribution is -1.99. The molecular formula is C11H5Br2ClFN5. The van der Waals surface area contributed by atoms with E-state index < -0.39 is 5.82 Å². The first-order valence-electron chi connectivity index (χ1n) is 5.32. The molecule has 3 aromatic rings. The van der Waals surface area contributed by atoms with Gasteiger partial charge in [-0.2, -0.15) is 4.98 Å². The van der Waals surface area contributed by atoms with Crippen molar-refractivity contribution in [2.75, 3.05) is 5.32 Å². The number of aromatic nitrogens is 4. The van der Waals surface area contributed by atoms with Crippen LogP contribution >= 0.6 is 43.5 Å². The van der Waals surface area contributed by atoms with E-state index in [1.807, 2.05) is 0 Å². The molecule has 0 aliphatic rings. The number of halogens is 4. The molecule has 102 valence electrons. The molecule has 2 heterocycles. The first-order valence-corrected chi connectivity index (χ1v) is 7.29. The highest BCUT2D eigenvalue weighted by Crippen LogP contribution is 2.39. The maximum atomic E-state index is 13.5. The van der Waals surface area contributed by atoms with E-state index in [4.69, 9.17) is 11.6 Å². The number of anilines is 2. The van der Waals surface area contributed by atoms with E-state index in [1.54, 1.807) is 6.20 Å². The SMILES string of the molecule is Fc1cc(Br)c(Nc2ncc3[nH]cnc3n2)c(Br)c1Cl. The second-order valence-corrected chi connectivity index (χ2v) is 5.83. The van der Waals surface area contributed by atoms with Crippen LogP contribution in [0, 0.1) is 5.82 Å². The minimum atomic E-state index is -0.528. The zero-order valence-corrected chi connectivity index (χ0v) is 13.5. The second-order valence-electron chi connectivity index (χ2n) is 3.80. The first-order chi connectivity index (χ1) is 9.56. The molecule has 0 saturated heterocycles. The van der Waals surface area contributed by atoms with Gasteiger partial charge in [0.2, 0.25) is 5.95 Å². The van der Waals surface area contributed by atoms with Gasteiger partial charge < -0.3 is 10.3 Å². The van der Waals surface area contributed by atoms with Gasteiger partial charge in [0.05, 0.1) is 27.7 Å². The molecule has 5 nitrogen and oxygen atoms in total. The Kier molecular flexibility index (Phi) is 3.61. The van der Waals surface area contributed by atoms with Crippen molar-refractivity contribution in [1.82, 2.24) is 19.9 Å². The summed E-state index contributed by atoms with van der Waals surface area (Å²) >= 11 is 12.4. The molecule has 0 amide bonds. The quantitative estimate of drug-likeness (QED) is 0.475. The van der Waals surface area contributed by atoms with Crippen LogP contribution in [0.5, 0.6) is 0 Å². The van der Waals surface area contributed by atoms with E-state index in [1.165, 1.54) is 12.4 Å². The zero-order valence-electron chi connectivity index (χ0n) is 9.59. The molecule has 0 aliphatic heterocycles. The molecule has 0 radical (unpaired) electrons. The topological polar surface area (TPSA) is 66.5 Å². The molecular weight excluding hydrogens is 416 g/mol. The van der Waals surface area contributed by atoms with E-state index in [9.17, 15) is 4.39 Å². The van der Waals surface area contributed by atoms with Crippen LogP contribution in [0.2, 0.25) is 5.02 Å². The molecule has 0 unspecified atom stereocenters. The average Bonchev–Trinajstić information content (AvgIpc) is 2.88. The number of hydrogen-bond donors (Lipinski definition) is 2. The van der Waals surface area contributed by atoms with E-state index in [0.717, 1.165) is 5.52 Å². The fourth-order valence-electron chi connectivity index (χ4n) is 1.59. The van der Waals surface area contributed by atoms with Crippen LogP contribution in [-0.2, 0) is 0 Å². The van der Waals surface area contributed by atoms with Gasteiger partial charge in [0.25, 0.3) is 0 Å². The van der Waals surface area contributed by atoms with Gasteiger partial charge >= 0.3 is 0 Å². The van der Waals surface area contributed by atoms with Gasteiger partial charge in [0, 0.05) is 4.47 Å². The van der Waals surface area contributed by atoms with E-state index in [0.29, 0.717) is 26.2 Å². The van der Waals surface area contributed by atoms with Crippen LogP contribution in [0.4, 0.5) is 16.0 Å². The van der Waals surface area contributed by atoms with Crippen molar-refractivity contribution in [2.45, 2.75) is 0 Å². The highest BCUT2D eigenvalue weighted by Gasteiger charge is 2.15. The second kappa shape index (κ2) is 5.27. The maximum absolute atomic E-state index is 13.5. The lowest BCUT2D eigenvalue weighted by Gasteiger charge is -2.11. The summed E-state index contributed by atoms with van der Waals surface area (Å²) in [7, 11) is 0. The molecule has 0 bridgehead atoms. The molecule has 9 heteroatoms. The van der Waals surface area contributed by atoms with Crippen LogP contribution in [0.15, 0.2) is 27.5 Å². The number of fused-ring (bicyclic) bond motifs is 1. The molecule has 2 aromatic heterocycles. The van der Waals surface area contributed by atoms with Crippen LogP contribution in [0.1, 0.15) is 0 Å². The summed E-state index contributed by atoms with van der Waals surface area (Å²) in [5, 5.41) is 2.95. The summed E-state index contributed by atoms with van der Waals surface area (Å²) in [6, 6.07) is 1.27. The molecule has 1 aromatic carbocycles. The fraction of sp³-hybridized carbons (Fsp3) is 0. The number of imidazole rings is 1. The van der Waals surface area contributed by atoms with Gasteiger partial charge in [-0.15, -0.1) is 0 Å². The standard InChI is InChI=1S/C11H5Br2ClFN5/c12-4-1-5(15)8(14)7(13)9(4)19-11-16-2-6-10(20-11)18-3-17-6/h1-3H,(H2,16,17,18,19,20). The van der Waals surface area contributed by atoms with Crippen molar-refractivity contribution in [2.24, 2.45) is 0 Å². The van der Waals surface area contributed by atoms with Crippen molar-refractivity contribution in [1.29, 1.82) is 0 Å². The van der Waals surface area contributed by atoms with Crippen molar-refractivity contribution < 1.29 is 4.39 Å². The third kappa shape index (κ3) is 2.38. The van der Waals surface area contributed by atoms with Crippen molar-refractivity contribution in [3.05, 3.63) is 38.4 Å². The van der Waals surface area contributed by atoms with Gasteiger partial charge in [-0.25, -0.2) is 14.4 Å². The number of hydrogen-bond acceptors (Lipinski definition) is 4. The minimum absolute atomic E-state index is 0.0171. The number of aromatic amines is 1. The average molecular weight is 421 g/mol. The number of nitrogens with zero attached hydrogens (tertiary/aromatic N) is 3. The molecule has 2 N–H and O–H groups in total. The lowest BCUT2D eigenvalue weighted by atomic mass is 10.3. The summed E-state index contributed by atoms with van der Waals surface area (Å²) in [6.45, 7) is 0. The Bertz CT molecular complexity index is 807. The predicted octanol–water partition coefficient (Wildman–Crippen LogP) is 4.41. The number of rotatable bonds is 2. The van der Waals surface area contributed by atoms with Crippen molar-refractivity contribution >= 4 is 66.3 Å². The van der Waals surface area contributed by atoms with Crippen LogP contribution in [0.3, 0.4) is 0 Å². The smallest absolute Gasteiger partial charge is 0.229 e. The molecule has 0 atom stereocenters. The molecule has 0 fully saturated rings. The largest absolute Gasteiger partial charge is 0.342 e. The van der Waals surface area contributed by atoms with Gasteiger partial charge in [-0.05, 0) is 37.9 Å². The van der Waals surface area contributed by atoms with Crippen molar-refractivity contribution in [3.63, 3.8) is 0 Å². The van der Waals surface area contributed by atoms with Crippen LogP contribution in [0.25, 0.3) is 11.2 Å². The van der Waals surface area contributed by atoms with Crippen LogP contribution in [-0.4, -0.2) is 19.9 Å². The molecule has 0 spiro atoms. The Labute approximate surface area is 134 Å². The minimum Gasteiger partial charge on any atom is -0.342 e. The monoisotopic (exact) mass is 419 g/mol. The number of benzene rings is 1. The Hall–Kier alpha value is -1.25. The summed E-state index contributed by atoms with van der Waals surface area (Å²) in [4.78, 5) is 15.3.